The van der Waals surface area contributed by atoms with E-state index in [-0.39, 0.29) is 24.3 Å². The van der Waals surface area contributed by atoms with Crippen LogP contribution in [0.1, 0.15) is 18.7 Å². The van der Waals surface area contributed by atoms with Gasteiger partial charge in [-0.2, -0.15) is 0 Å². The zero-order valence-electron chi connectivity index (χ0n) is 12.1. The van der Waals surface area contributed by atoms with Crippen LogP contribution in [0.5, 0.6) is 0 Å². The van der Waals surface area contributed by atoms with Crippen LogP contribution < -0.4 is 10.6 Å². The molecule has 1 aromatic heterocycles. The van der Waals surface area contributed by atoms with Gasteiger partial charge in [0.2, 0.25) is 5.91 Å². The molecule has 1 aliphatic rings. The maximum atomic E-state index is 12.8. The van der Waals surface area contributed by atoms with Gasteiger partial charge in [-0.25, -0.2) is 4.39 Å². The number of hydrogen-bond acceptors (Lipinski definition) is 4. The first-order valence-electron chi connectivity index (χ1n) is 7.36. The lowest BCUT2D eigenvalue weighted by molar-refractivity contribution is -0.120. The van der Waals surface area contributed by atoms with Gasteiger partial charge in [0.25, 0.3) is 0 Å². The number of fused-ring (bicyclic) bond motifs is 1. The molecule has 0 saturated carbocycles. The molecule has 22 heavy (non-hydrogen) atoms. The maximum absolute atomic E-state index is 12.8. The number of benzene rings is 1. The van der Waals surface area contributed by atoms with Crippen molar-refractivity contribution in [1.29, 1.82) is 0 Å². The molecule has 0 saturated heterocycles. The van der Waals surface area contributed by atoms with Crippen LogP contribution in [0.2, 0.25) is 0 Å². The van der Waals surface area contributed by atoms with Crippen LogP contribution in [0.15, 0.2) is 30.6 Å². The van der Waals surface area contributed by atoms with Crippen LogP contribution in [-0.2, 0) is 17.8 Å². The summed E-state index contributed by atoms with van der Waals surface area (Å²) >= 11 is 0. The normalized spacial score (nSPS) is 17.4. The Bertz CT molecular complexity index is 617. The molecule has 1 atom stereocenters. The fourth-order valence-electron chi connectivity index (χ4n) is 2.57. The number of aryl methyl sites for hydroxylation is 2. The van der Waals surface area contributed by atoms with E-state index in [1.54, 1.807) is 18.5 Å². The van der Waals surface area contributed by atoms with Crippen molar-refractivity contribution in [3.05, 3.63) is 42.2 Å². The van der Waals surface area contributed by atoms with Gasteiger partial charge >= 0.3 is 0 Å². The summed E-state index contributed by atoms with van der Waals surface area (Å²) in [4.78, 5) is 12.0. The molecule has 0 aliphatic carbocycles. The number of amides is 1. The Morgan fingerprint density at radius 2 is 2.14 bits per heavy atom. The second kappa shape index (κ2) is 6.55. The fourth-order valence-corrected chi connectivity index (χ4v) is 2.57. The van der Waals surface area contributed by atoms with Gasteiger partial charge in [-0.3, -0.25) is 4.79 Å². The van der Waals surface area contributed by atoms with Gasteiger partial charge in [0.05, 0.1) is 6.54 Å². The summed E-state index contributed by atoms with van der Waals surface area (Å²) in [7, 11) is 0. The molecular formula is C15H18FN5O. The van der Waals surface area contributed by atoms with E-state index < -0.39 is 0 Å². The third-order valence-electron chi connectivity index (χ3n) is 3.79. The average Bonchev–Trinajstić information content (AvgIpc) is 2.89. The van der Waals surface area contributed by atoms with Crippen LogP contribution in [-0.4, -0.2) is 33.3 Å². The van der Waals surface area contributed by atoms with E-state index in [4.69, 9.17) is 0 Å². The van der Waals surface area contributed by atoms with Crippen LogP contribution in [0.25, 0.3) is 0 Å². The number of halogens is 1. The highest BCUT2D eigenvalue weighted by molar-refractivity contribution is 5.80. The van der Waals surface area contributed by atoms with E-state index in [2.05, 4.69) is 20.8 Å². The molecule has 1 unspecified atom stereocenters. The first kappa shape index (κ1) is 14.5. The van der Waals surface area contributed by atoms with Crippen LogP contribution in [0.3, 0.4) is 0 Å². The molecule has 6 nitrogen and oxygen atoms in total. The van der Waals surface area contributed by atoms with E-state index in [0.717, 1.165) is 37.3 Å². The minimum Gasteiger partial charge on any atom is -0.376 e. The molecule has 2 N–H and O–H groups in total. The lowest BCUT2D eigenvalue weighted by Crippen LogP contribution is -2.38. The molecule has 0 fully saturated rings. The Balaban J connectivity index is 1.46. The smallest absolute Gasteiger partial charge is 0.239 e. The Hall–Kier alpha value is -2.44. The number of nitrogens with one attached hydrogen (secondary N) is 2. The predicted octanol–water partition coefficient (Wildman–Crippen LogP) is 1.35. The fraction of sp³-hybridized carbons (Fsp3) is 0.400. The molecule has 1 aliphatic heterocycles. The highest BCUT2D eigenvalue weighted by Gasteiger charge is 2.18. The van der Waals surface area contributed by atoms with Crippen LogP contribution >= 0.6 is 0 Å². The maximum Gasteiger partial charge on any atom is 0.239 e. The number of nitrogens with zero attached hydrogens (tertiary/aromatic N) is 3. The van der Waals surface area contributed by atoms with Crippen molar-refractivity contribution in [3.8, 4) is 0 Å². The summed E-state index contributed by atoms with van der Waals surface area (Å²) in [6.45, 7) is 0.993. The van der Waals surface area contributed by atoms with Crippen molar-refractivity contribution in [2.75, 3.05) is 11.9 Å². The van der Waals surface area contributed by atoms with Gasteiger partial charge in [0, 0.05) is 24.7 Å². The van der Waals surface area contributed by atoms with Gasteiger partial charge in [0.15, 0.2) is 0 Å². The summed E-state index contributed by atoms with van der Waals surface area (Å²) in [6.07, 6.45) is 4.28. The number of hydrogen-bond donors (Lipinski definition) is 2. The minimum absolute atomic E-state index is 0.0630. The topological polar surface area (TPSA) is 71.8 Å². The van der Waals surface area contributed by atoms with Crippen molar-refractivity contribution >= 4 is 11.6 Å². The average molecular weight is 303 g/mol. The van der Waals surface area contributed by atoms with Gasteiger partial charge in [-0.05, 0) is 37.1 Å². The highest BCUT2D eigenvalue weighted by Crippen LogP contribution is 2.13. The lowest BCUT2D eigenvalue weighted by atomic mass is 10.1. The standard InChI is InChI=1S/C15H18FN5O/c16-11-1-3-12(4-2-11)17-9-15(22)19-13-5-6-14-20-18-10-21(14)8-7-13/h1-4,10,13,17H,5-9H2,(H,19,22). The van der Waals surface area contributed by atoms with Gasteiger partial charge in [0.1, 0.15) is 18.0 Å². The summed E-state index contributed by atoms with van der Waals surface area (Å²) < 4.78 is 14.8. The SMILES string of the molecule is O=C(CNc1ccc(F)cc1)NC1CCc2nncn2CC1. The predicted molar refractivity (Wildman–Crippen MR) is 79.8 cm³/mol. The van der Waals surface area contributed by atoms with Crippen LogP contribution in [0.4, 0.5) is 10.1 Å². The largest absolute Gasteiger partial charge is 0.376 e. The number of anilines is 1. The van der Waals surface area contributed by atoms with Crippen molar-refractivity contribution in [2.45, 2.75) is 31.8 Å². The molecule has 1 aromatic carbocycles. The molecule has 0 spiro atoms. The summed E-state index contributed by atoms with van der Waals surface area (Å²) in [5, 5.41) is 14.0. The number of carbonyl (C=O) groups is 1. The molecule has 0 bridgehead atoms. The number of rotatable bonds is 4. The molecule has 2 aromatic rings. The zero-order valence-corrected chi connectivity index (χ0v) is 12.1. The van der Waals surface area contributed by atoms with Crippen molar-refractivity contribution in [1.82, 2.24) is 20.1 Å². The van der Waals surface area contributed by atoms with E-state index in [0.29, 0.717) is 0 Å². The molecule has 1 amide bonds. The molecule has 0 radical (unpaired) electrons. The minimum atomic E-state index is -0.291. The molecule has 7 heteroatoms. The quantitative estimate of drug-likeness (QED) is 0.894. The highest BCUT2D eigenvalue weighted by atomic mass is 19.1. The monoisotopic (exact) mass is 303 g/mol. The van der Waals surface area contributed by atoms with Gasteiger partial charge < -0.3 is 15.2 Å². The molecule has 3 rings (SSSR count). The van der Waals surface area contributed by atoms with E-state index in [1.807, 2.05) is 4.57 Å². The Kier molecular flexibility index (Phi) is 4.32. The Labute approximate surface area is 127 Å². The summed E-state index contributed by atoms with van der Waals surface area (Å²) in [6, 6.07) is 6.09. The van der Waals surface area contributed by atoms with Gasteiger partial charge in [-0.1, -0.05) is 0 Å². The Morgan fingerprint density at radius 1 is 1.32 bits per heavy atom. The third kappa shape index (κ3) is 3.60. The lowest BCUT2D eigenvalue weighted by Gasteiger charge is -2.16. The molecule has 2 heterocycles. The Morgan fingerprint density at radius 3 is 2.95 bits per heavy atom. The first-order valence-corrected chi connectivity index (χ1v) is 7.36. The summed E-state index contributed by atoms with van der Waals surface area (Å²) in [5.41, 5.74) is 0.726. The van der Waals surface area contributed by atoms with Crippen molar-refractivity contribution < 1.29 is 9.18 Å². The second-order valence-electron chi connectivity index (χ2n) is 5.39. The van der Waals surface area contributed by atoms with E-state index in [1.165, 1.54) is 12.1 Å². The van der Waals surface area contributed by atoms with E-state index in [9.17, 15) is 9.18 Å². The molecular weight excluding hydrogens is 285 g/mol. The second-order valence-corrected chi connectivity index (χ2v) is 5.39. The van der Waals surface area contributed by atoms with Crippen LogP contribution in [0, 0.1) is 5.82 Å². The zero-order chi connectivity index (χ0) is 15.4. The first-order chi connectivity index (χ1) is 10.7. The number of carbonyl (C=O) groups excluding carboxylic acids is 1. The third-order valence-corrected chi connectivity index (χ3v) is 3.79. The van der Waals surface area contributed by atoms with Gasteiger partial charge in [-0.15, -0.1) is 10.2 Å². The summed E-state index contributed by atoms with van der Waals surface area (Å²) in [5.74, 6) is 0.619. The molecule has 116 valence electrons. The van der Waals surface area contributed by atoms with E-state index >= 15 is 0 Å². The van der Waals surface area contributed by atoms with Crippen molar-refractivity contribution in [3.63, 3.8) is 0 Å². The van der Waals surface area contributed by atoms with Crippen molar-refractivity contribution in [2.24, 2.45) is 0 Å². The number of aromatic nitrogens is 3.